The molecular formula is C25H31N5O3. The largest absolute Gasteiger partial charge is 0.361 e. The SMILES string of the molecule is CNC(=O)[C@H](Cc1c[nH]c2ccccc12)NC(=O)[C@@H](CC(=O)Nc1ccccn1)CC(C)C. The van der Waals surface area contributed by atoms with Gasteiger partial charge in [0.15, 0.2) is 0 Å². The lowest BCUT2D eigenvalue weighted by Crippen LogP contribution is -2.49. The molecule has 0 saturated heterocycles. The lowest BCUT2D eigenvalue weighted by molar-refractivity contribution is -0.132. The van der Waals surface area contributed by atoms with Crippen LogP contribution in [-0.4, -0.2) is 40.8 Å². The molecule has 2 heterocycles. The number of fused-ring (bicyclic) bond motifs is 1. The average Bonchev–Trinajstić information content (AvgIpc) is 3.20. The van der Waals surface area contributed by atoms with Gasteiger partial charge in [0, 0.05) is 49.1 Å². The summed E-state index contributed by atoms with van der Waals surface area (Å²) in [5.74, 6) is -0.807. The van der Waals surface area contributed by atoms with Crippen LogP contribution in [0.3, 0.4) is 0 Å². The molecule has 0 radical (unpaired) electrons. The number of hydrogen-bond acceptors (Lipinski definition) is 4. The predicted molar refractivity (Wildman–Crippen MR) is 128 cm³/mol. The number of rotatable bonds is 10. The van der Waals surface area contributed by atoms with Gasteiger partial charge in [-0.1, -0.05) is 38.1 Å². The number of aromatic amines is 1. The maximum Gasteiger partial charge on any atom is 0.242 e. The minimum Gasteiger partial charge on any atom is -0.361 e. The molecule has 3 aromatic rings. The topological polar surface area (TPSA) is 116 Å². The number of aromatic nitrogens is 2. The molecule has 0 spiro atoms. The smallest absolute Gasteiger partial charge is 0.242 e. The third kappa shape index (κ3) is 6.65. The fourth-order valence-corrected chi connectivity index (χ4v) is 3.90. The van der Waals surface area contributed by atoms with E-state index in [0.717, 1.165) is 16.5 Å². The third-order valence-corrected chi connectivity index (χ3v) is 5.47. The molecule has 0 unspecified atom stereocenters. The number of likely N-dealkylation sites (N-methyl/N-ethyl adjacent to an activating group) is 1. The van der Waals surface area contributed by atoms with E-state index < -0.39 is 12.0 Å². The molecule has 0 aliphatic carbocycles. The summed E-state index contributed by atoms with van der Waals surface area (Å²) in [5.41, 5.74) is 1.91. The summed E-state index contributed by atoms with van der Waals surface area (Å²) in [6.07, 6.45) is 4.32. The summed E-state index contributed by atoms with van der Waals surface area (Å²) < 4.78 is 0. The first-order valence-corrected chi connectivity index (χ1v) is 11.1. The maximum atomic E-state index is 13.2. The monoisotopic (exact) mass is 449 g/mol. The molecule has 0 aliphatic heterocycles. The molecule has 0 saturated carbocycles. The van der Waals surface area contributed by atoms with Crippen LogP contribution in [0.15, 0.2) is 54.9 Å². The highest BCUT2D eigenvalue weighted by Crippen LogP contribution is 2.21. The van der Waals surface area contributed by atoms with Gasteiger partial charge >= 0.3 is 0 Å². The molecule has 33 heavy (non-hydrogen) atoms. The Hall–Kier alpha value is -3.68. The summed E-state index contributed by atoms with van der Waals surface area (Å²) in [7, 11) is 1.54. The van der Waals surface area contributed by atoms with Gasteiger partial charge in [-0.3, -0.25) is 14.4 Å². The van der Waals surface area contributed by atoms with E-state index in [4.69, 9.17) is 0 Å². The number of anilines is 1. The van der Waals surface area contributed by atoms with Gasteiger partial charge in [0.25, 0.3) is 0 Å². The zero-order valence-electron chi connectivity index (χ0n) is 19.2. The van der Waals surface area contributed by atoms with Gasteiger partial charge in [-0.15, -0.1) is 0 Å². The molecule has 2 atom stereocenters. The van der Waals surface area contributed by atoms with E-state index in [1.54, 1.807) is 31.4 Å². The Kier molecular flexibility index (Phi) is 8.18. The van der Waals surface area contributed by atoms with Gasteiger partial charge < -0.3 is 20.9 Å². The molecule has 3 rings (SSSR count). The van der Waals surface area contributed by atoms with Crippen molar-refractivity contribution in [2.24, 2.45) is 11.8 Å². The number of hydrogen-bond donors (Lipinski definition) is 4. The van der Waals surface area contributed by atoms with E-state index in [-0.39, 0.29) is 30.1 Å². The van der Waals surface area contributed by atoms with Crippen molar-refractivity contribution in [1.29, 1.82) is 0 Å². The summed E-state index contributed by atoms with van der Waals surface area (Å²) in [4.78, 5) is 45.7. The van der Waals surface area contributed by atoms with Crippen molar-refractivity contribution in [1.82, 2.24) is 20.6 Å². The molecule has 3 amide bonds. The Morgan fingerprint density at radius 2 is 1.79 bits per heavy atom. The van der Waals surface area contributed by atoms with Crippen LogP contribution in [0.2, 0.25) is 0 Å². The number of benzene rings is 1. The molecule has 0 aliphatic rings. The van der Waals surface area contributed by atoms with Crippen molar-refractivity contribution < 1.29 is 14.4 Å². The Bertz CT molecular complexity index is 1090. The Morgan fingerprint density at radius 3 is 2.48 bits per heavy atom. The van der Waals surface area contributed by atoms with E-state index in [9.17, 15) is 14.4 Å². The number of pyridine rings is 1. The van der Waals surface area contributed by atoms with Gasteiger partial charge in [-0.2, -0.15) is 0 Å². The summed E-state index contributed by atoms with van der Waals surface area (Å²) in [6, 6.07) is 12.3. The molecule has 0 bridgehead atoms. The van der Waals surface area contributed by atoms with E-state index in [1.165, 1.54) is 0 Å². The fraction of sp³-hybridized carbons (Fsp3) is 0.360. The number of nitrogens with zero attached hydrogens (tertiary/aromatic N) is 1. The highest BCUT2D eigenvalue weighted by molar-refractivity contribution is 5.95. The first kappa shape index (κ1) is 24.0. The van der Waals surface area contributed by atoms with Crippen LogP contribution in [0.1, 0.15) is 32.3 Å². The van der Waals surface area contributed by atoms with Crippen molar-refractivity contribution in [3.05, 3.63) is 60.4 Å². The van der Waals surface area contributed by atoms with E-state index in [0.29, 0.717) is 18.7 Å². The Morgan fingerprint density at radius 1 is 1.03 bits per heavy atom. The van der Waals surface area contributed by atoms with Crippen LogP contribution < -0.4 is 16.0 Å². The van der Waals surface area contributed by atoms with Crippen molar-refractivity contribution in [3.8, 4) is 0 Å². The van der Waals surface area contributed by atoms with Crippen LogP contribution in [0.25, 0.3) is 10.9 Å². The molecule has 0 fully saturated rings. The zero-order valence-corrected chi connectivity index (χ0v) is 19.2. The number of H-pyrrole nitrogens is 1. The molecule has 174 valence electrons. The molecule has 8 heteroatoms. The molecule has 8 nitrogen and oxygen atoms in total. The number of nitrogens with one attached hydrogen (secondary N) is 4. The lowest BCUT2D eigenvalue weighted by atomic mass is 9.92. The van der Waals surface area contributed by atoms with Crippen molar-refractivity contribution in [2.75, 3.05) is 12.4 Å². The summed E-state index contributed by atoms with van der Waals surface area (Å²) in [6.45, 7) is 4.00. The van der Waals surface area contributed by atoms with Gasteiger partial charge in [0.05, 0.1) is 0 Å². The third-order valence-electron chi connectivity index (χ3n) is 5.47. The maximum absolute atomic E-state index is 13.2. The van der Waals surface area contributed by atoms with E-state index >= 15 is 0 Å². The van der Waals surface area contributed by atoms with Crippen molar-refractivity contribution >= 4 is 34.4 Å². The number of carbonyl (C=O) groups excluding carboxylic acids is 3. The molecule has 4 N–H and O–H groups in total. The van der Waals surface area contributed by atoms with Crippen LogP contribution in [-0.2, 0) is 20.8 Å². The van der Waals surface area contributed by atoms with Gasteiger partial charge in [-0.25, -0.2) is 4.98 Å². The minimum absolute atomic E-state index is 0.00807. The van der Waals surface area contributed by atoms with Crippen LogP contribution in [0, 0.1) is 11.8 Å². The Labute approximate surface area is 193 Å². The second kappa shape index (κ2) is 11.3. The van der Waals surface area contributed by atoms with Crippen molar-refractivity contribution in [3.63, 3.8) is 0 Å². The van der Waals surface area contributed by atoms with Gasteiger partial charge in [0.2, 0.25) is 17.7 Å². The Balaban J connectivity index is 1.72. The first-order valence-electron chi connectivity index (χ1n) is 11.1. The quantitative estimate of drug-likeness (QED) is 0.381. The molecular weight excluding hydrogens is 418 g/mol. The normalized spacial score (nSPS) is 12.8. The second-order valence-electron chi connectivity index (χ2n) is 8.53. The highest BCUT2D eigenvalue weighted by atomic mass is 16.2. The van der Waals surface area contributed by atoms with Crippen LogP contribution >= 0.6 is 0 Å². The second-order valence-corrected chi connectivity index (χ2v) is 8.53. The molecule has 2 aromatic heterocycles. The first-order chi connectivity index (χ1) is 15.9. The standard InChI is InChI=1S/C25H31N5O3/c1-16(2)12-17(14-23(31)30-22-10-6-7-11-27-22)24(32)29-21(25(33)26-3)13-18-15-28-20-9-5-4-8-19(18)20/h4-11,15-17,21,28H,12-14H2,1-3H3,(H,26,33)(H,29,32)(H,27,30,31)/t17-,21+/m1/s1. The lowest BCUT2D eigenvalue weighted by Gasteiger charge is -2.23. The average molecular weight is 450 g/mol. The summed E-state index contributed by atoms with van der Waals surface area (Å²) >= 11 is 0. The van der Waals surface area contributed by atoms with E-state index in [2.05, 4.69) is 25.9 Å². The number of amides is 3. The summed E-state index contributed by atoms with van der Waals surface area (Å²) in [5, 5.41) is 9.26. The highest BCUT2D eigenvalue weighted by Gasteiger charge is 2.28. The predicted octanol–water partition coefficient (Wildman–Crippen LogP) is 3.03. The fourth-order valence-electron chi connectivity index (χ4n) is 3.90. The van der Waals surface area contributed by atoms with Crippen LogP contribution in [0.4, 0.5) is 5.82 Å². The van der Waals surface area contributed by atoms with Crippen molar-refractivity contribution in [2.45, 2.75) is 39.2 Å². The minimum atomic E-state index is -0.754. The van der Waals surface area contributed by atoms with E-state index in [1.807, 2.05) is 44.3 Å². The van der Waals surface area contributed by atoms with Gasteiger partial charge in [-0.05, 0) is 36.1 Å². The zero-order chi connectivity index (χ0) is 23.8. The molecule has 1 aromatic carbocycles. The van der Waals surface area contributed by atoms with Gasteiger partial charge in [0.1, 0.15) is 11.9 Å². The number of para-hydroxylation sites is 1. The van der Waals surface area contributed by atoms with Crippen LogP contribution in [0.5, 0.6) is 0 Å². The number of carbonyl (C=O) groups is 3.